The highest BCUT2D eigenvalue weighted by Crippen LogP contribution is 2.29. The smallest absolute Gasteiger partial charge is 0.408 e. The fourth-order valence-corrected chi connectivity index (χ4v) is 4.61. The van der Waals surface area contributed by atoms with Gasteiger partial charge in [0.2, 0.25) is 11.8 Å². The van der Waals surface area contributed by atoms with Crippen LogP contribution < -0.4 is 10.6 Å². The number of carbonyl (C=O) groups excluding carboxylic acids is 3. The third-order valence-corrected chi connectivity index (χ3v) is 6.42. The summed E-state index contributed by atoms with van der Waals surface area (Å²) in [6.45, 7) is 16.1. The van der Waals surface area contributed by atoms with Gasteiger partial charge in [-0.05, 0) is 75.6 Å². The molecule has 0 saturated heterocycles. The van der Waals surface area contributed by atoms with E-state index in [1.165, 1.54) is 0 Å². The summed E-state index contributed by atoms with van der Waals surface area (Å²) in [7, 11) is 0. The number of aryl methyl sites for hydroxylation is 2. The normalized spacial score (nSPS) is 12.9. The van der Waals surface area contributed by atoms with E-state index in [0.717, 1.165) is 35.1 Å². The average molecular weight is 538 g/mol. The topological polar surface area (TPSA) is 87.7 Å². The van der Waals surface area contributed by atoms with Crippen LogP contribution in [-0.2, 0) is 20.9 Å². The first-order chi connectivity index (χ1) is 18.3. The Kier molecular flexibility index (Phi) is 12.0. The maximum absolute atomic E-state index is 14.3. The molecule has 3 amide bonds. The number of nitrogens with one attached hydrogen (secondary N) is 2. The zero-order valence-corrected chi connectivity index (χ0v) is 25.0. The molecule has 0 radical (unpaired) electrons. The van der Waals surface area contributed by atoms with E-state index >= 15 is 0 Å². The minimum Gasteiger partial charge on any atom is -0.444 e. The lowest BCUT2D eigenvalue weighted by atomic mass is 9.92. The highest BCUT2D eigenvalue weighted by molar-refractivity contribution is 5.92. The molecule has 0 aliphatic heterocycles. The van der Waals surface area contributed by atoms with Gasteiger partial charge in [-0.15, -0.1) is 0 Å². The number of benzene rings is 2. The Hall–Kier alpha value is -3.35. The number of alkyl carbamates (subject to hydrolysis) is 1. The second-order valence-corrected chi connectivity index (χ2v) is 11.6. The van der Waals surface area contributed by atoms with Crippen molar-refractivity contribution in [2.45, 2.75) is 98.9 Å². The molecule has 2 N–H and O–H groups in total. The van der Waals surface area contributed by atoms with Gasteiger partial charge in [-0.1, -0.05) is 75.7 Å². The van der Waals surface area contributed by atoms with Gasteiger partial charge in [0.05, 0.1) is 0 Å². The standard InChI is InChI=1S/C32H47N3O4/c1-9-10-19-35(30(37)26(20-22(2)3)34-31(38)39-32(6,7)8)28(27-23(4)15-14-16-24(27)5)29(36)33-21-25-17-12-11-13-18-25/h11-18,22,26,28H,9-10,19-21H2,1-8H3,(H,33,36)(H,34,38). The van der Waals surface area contributed by atoms with Crippen LogP contribution in [0.5, 0.6) is 0 Å². The number of amides is 3. The van der Waals surface area contributed by atoms with E-state index in [-0.39, 0.29) is 17.7 Å². The molecule has 2 aromatic carbocycles. The molecule has 0 fully saturated rings. The molecule has 2 rings (SSSR count). The van der Waals surface area contributed by atoms with Crippen molar-refractivity contribution in [2.24, 2.45) is 5.92 Å². The summed E-state index contributed by atoms with van der Waals surface area (Å²) in [5.41, 5.74) is 2.96. The quantitative estimate of drug-likeness (QED) is 0.336. The van der Waals surface area contributed by atoms with Crippen molar-refractivity contribution in [1.29, 1.82) is 0 Å². The van der Waals surface area contributed by atoms with E-state index in [9.17, 15) is 14.4 Å². The Labute approximate surface area is 234 Å². The number of ether oxygens (including phenoxy) is 1. The number of carbonyl (C=O) groups is 3. The monoisotopic (exact) mass is 537 g/mol. The van der Waals surface area contributed by atoms with Crippen molar-refractivity contribution < 1.29 is 19.1 Å². The molecule has 39 heavy (non-hydrogen) atoms. The second kappa shape index (κ2) is 14.7. The molecule has 2 atom stereocenters. The van der Waals surface area contributed by atoms with Crippen molar-refractivity contribution in [3.8, 4) is 0 Å². The van der Waals surface area contributed by atoms with Crippen molar-refractivity contribution >= 4 is 17.9 Å². The first kappa shape index (κ1) is 31.9. The van der Waals surface area contributed by atoms with E-state index in [1.54, 1.807) is 25.7 Å². The Morgan fingerprint density at radius 2 is 1.56 bits per heavy atom. The van der Waals surface area contributed by atoms with Crippen LogP contribution in [0.3, 0.4) is 0 Å². The maximum atomic E-state index is 14.3. The molecule has 0 aliphatic rings. The van der Waals surface area contributed by atoms with Crippen LogP contribution in [0.4, 0.5) is 4.79 Å². The molecule has 0 bridgehead atoms. The second-order valence-electron chi connectivity index (χ2n) is 11.6. The van der Waals surface area contributed by atoms with E-state index in [0.29, 0.717) is 19.5 Å². The summed E-state index contributed by atoms with van der Waals surface area (Å²) in [5.74, 6) is -0.403. The first-order valence-electron chi connectivity index (χ1n) is 14.0. The molecular formula is C32H47N3O4. The Morgan fingerprint density at radius 3 is 2.10 bits per heavy atom. The van der Waals surface area contributed by atoms with Crippen LogP contribution in [0.1, 0.15) is 89.1 Å². The molecule has 2 aromatic rings. The largest absolute Gasteiger partial charge is 0.444 e. The third kappa shape index (κ3) is 10.0. The van der Waals surface area contributed by atoms with Crippen LogP contribution in [-0.4, -0.2) is 41.0 Å². The molecule has 0 aromatic heterocycles. The Morgan fingerprint density at radius 1 is 0.949 bits per heavy atom. The fourth-order valence-electron chi connectivity index (χ4n) is 4.61. The predicted molar refractivity (Wildman–Crippen MR) is 156 cm³/mol. The van der Waals surface area contributed by atoms with Crippen LogP contribution in [0.15, 0.2) is 48.5 Å². The minimum atomic E-state index is -0.843. The van der Waals surface area contributed by atoms with Crippen LogP contribution in [0, 0.1) is 19.8 Å². The number of nitrogens with zero attached hydrogens (tertiary/aromatic N) is 1. The van der Waals surface area contributed by atoms with Gasteiger partial charge in [0.15, 0.2) is 0 Å². The lowest BCUT2D eigenvalue weighted by Gasteiger charge is -2.36. The van der Waals surface area contributed by atoms with Gasteiger partial charge in [-0.25, -0.2) is 4.79 Å². The molecule has 2 unspecified atom stereocenters. The summed E-state index contributed by atoms with van der Waals surface area (Å²) in [5, 5.41) is 5.88. The molecular weight excluding hydrogens is 490 g/mol. The molecule has 7 nitrogen and oxygen atoms in total. The van der Waals surface area contributed by atoms with Crippen molar-refractivity contribution in [3.05, 3.63) is 70.8 Å². The van der Waals surface area contributed by atoms with Gasteiger partial charge < -0.3 is 20.3 Å². The van der Waals surface area contributed by atoms with E-state index in [2.05, 4.69) is 17.6 Å². The predicted octanol–water partition coefficient (Wildman–Crippen LogP) is 6.23. The lowest BCUT2D eigenvalue weighted by Crippen LogP contribution is -2.53. The number of unbranched alkanes of at least 4 members (excludes halogenated alkanes) is 1. The van der Waals surface area contributed by atoms with Gasteiger partial charge >= 0.3 is 6.09 Å². The van der Waals surface area contributed by atoms with Gasteiger partial charge in [-0.3, -0.25) is 9.59 Å². The Balaban J connectivity index is 2.52. The summed E-state index contributed by atoms with van der Waals surface area (Å²) in [6.07, 6.45) is 1.35. The van der Waals surface area contributed by atoms with Crippen molar-refractivity contribution in [2.75, 3.05) is 6.54 Å². The summed E-state index contributed by atoms with van der Waals surface area (Å²) in [6, 6.07) is 13.9. The number of hydrogen-bond acceptors (Lipinski definition) is 4. The summed E-state index contributed by atoms with van der Waals surface area (Å²) < 4.78 is 5.48. The van der Waals surface area contributed by atoms with Crippen LogP contribution in [0.2, 0.25) is 0 Å². The SMILES string of the molecule is CCCCN(C(=O)C(CC(C)C)NC(=O)OC(C)(C)C)C(C(=O)NCc1ccccc1)c1c(C)cccc1C. The van der Waals surface area contributed by atoms with E-state index in [4.69, 9.17) is 4.74 Å². The highest BCUT2D eigenvalue weighted by Gasteiger charge is 2.37. The summed E-state index contributed by atoms with van der Waals surface area (Å²) >= 11 is 0. The molecule has 0 heterocycles. The summed E-state index contributed by atoms with van der Waals surface area (Å²) in [4.78, 5) is 42.7. The first-order valence-corrected chi connectivity index (χ1v) is 14.0. The van der Waals surface area contributed by atoms with Gasteiger partial charge in [0.1, 0.15) is 17.7 Å². The lowest BCUT2D eigenvalue weighted by molar-refractivity contribution is -0.143. The Bertz CT molecular complexity index is 1070. The van der Waals surface area contributed by atoms with E-state index < -0.39 is 23.8 Å². The van der Waals surface area contributed by atoms with Gasteiger partial charge in [-0.2, -0.15) is 0 Å². The van der Waals surface area contributed by atoms with Crippen LogP contribution >= 0.6 is 0 Å². The zero-order chi connectivity index (χ0) is 29.2. The molecule has 0 saturated carbocycles. The van der Waals surface area contributed by atoms with Crippen molar-refractivity contribution in [3.63, 3.8) is 0 Å². The van der Waals surface area contributed by atoms with Crippen molar-refractivity contribution in [1.82, 2.24) is 15.5 Å². The maximum Gasteiger partial charge on any atom is 0.408 e. The van der Waals surface area contributed by atoms with Crippen LogP contribution in [0.25, 0.3) is 0 Å². The average Bonchev–Trinajstić information content (AvgIpc) is 2.84. The molecule has 0 spiro atoms. The zero-order valence-electron chi connectivity index (χ0n) is 25.0. The third-order valence-electron chi connectivity index (χ3n) is 6.42. The van der Waals surface area contributed by atoms with Gasteiger partial charge in [0, 0.05) is 13.1 Å². The molecule has 7 heteroatoms. The highest BCUT2D eigenvalue weighted by atomic mass is 16.6. The number of hydrogen-bond donors (Lipinski definition) is 2. The van der Waals surface area contributed by atoms with E-state index in [1.807, 2.05) is 76.2 Å². The molecule has 214 valence electrons. The fraction of sp³-hybridized carbons (Fsp3) is 0.531. The molecule has 0 aliphatic carbocycles. The minimum absolute atomic E-state index is 0.132. The number of rotatable bonds is 12. The van der Waals surface area contributed by atoms with Gasteiger partial charge in [0.25, 0.3) is 0 Å².